The van der Waals surface area contributed by atoms with Gasteiger partial charge in [-0.25, -0.2) is 4.79 Å². The Hall–Kier alpha value is -3.86. The highest BCUT2D eigenvalue weighted by molar-refractivity contribution is 6.04. The van der Waals surface area contributed by atoms with E-state index < -0.39 is 22.5 Å². The molecule has 1 atom stereocenters. The van der Waals surface area contributed by atoms with Crippen molar-refractivity contribution in [3.63, 3.8) is 0 Å². The molecule has 3 rings (SSSR count). The molecule has 0 radical (unpaired) electrons. The van der Waals surface area contributed by atoms with Crippen LogP contribution in [0.5, 0.6) is 11.5 Å². The summed E-state index contributed by atoms with van der Waals surface area (Å²) < 4.78 is 16.2. The van der Waals surface area contributed by atoms with Gasteiger partial charge in [0, 0.05) is 25.2 Å². The van der Waals surface area contributed by atoms with E-state index in [-0.39, 0.29) is 29.5 Å². The van der Waals surface area contributed by atoms with Crippen LogP contribution in [-0.2, 0) is 11.3 Å². The lowest BCUT2D eigenvalue weighted by atomic mass is 10.0. The molecule has 1 saturated heterocycles. The number of rotatable bonds is 8. The number of methoxy groups -OCH3 is 2. The molecule has 1 heterocycles. The molecule has 1 aliphatic rings. The van der Waals surface area contributed by atoms with Gasteiger partial charge in [0.05, 0.1) is 36.4 Å². The Morgan fingerprint density at radius 1 is 1.14 bits per heavy atom. The minimum Gasteiger partial charge on any atom is -0.493 e. The van der Waals surface area contributed by atoms with Crippen LogP contribution in [0.15, 0.2) is 36.4 Å². The van der Waals surface area contributed by atoms with E-state index in [4.69, 9.17) is 14.2 Å². The standard InChI is InChI=1S/C26H34N4O7/c1-26(2,3)37-25(32)29(19-7-6-12-27-16-19)21-10-9-18(30(33)34)14-20(21)24(31)28-15-17-8-11-22(35-4)23(13-17)36-5/h8-11,13-14,19,27H,6-7,12,15-16H2,1-5H3,(H,28,31). The molecule has 2 aromatic carbocycles. The van der Waals surface area contributed by atoms with E-state index in [1.54, 1.807) is 39.0 Å². The number of carbonyl (C=O) groups is 2. The molecule has 0 spiro atoms. The number of nitrogens with zero attached hydrogens (tertiary/aromatic N) is 2. The molecule has 200 valence electrons. The fraction of sp³-hybridized carbons (Fsp3) is 0.462. The first kappa shape index (κ1) is 27.7. The Bertz CT molecular complexity index is 1140. The van der Waals surface area contributed by atoms with E-state index in [2.05, 4.69) is 10.6 Å². The fourth-order valence-corrected chi connectivity index (χ4v) is 4.11. The molecule has 1 aliphatic heterocycles. The first-order valence-corrected chi connectivity index (χ1v) is 12.0. The maximum absolute atomic E-state index is 13.4. The SMILES string of the molecule is COc1ccc(CNC(=O)c2cc([N+](=O)[O-])ccc2N(C(=O)OC(C)(C)C)C2CCCNC2)cc1OC. The van der Waals surface area contributed by atoms with Crippen LogP contribution < -0.4 is 25.0 Å². The van der Waals surface area contributed by atoms with Crippen molar-refractivity contribution in [2.24, 2.45) is 0 Å². The number of hydrogen-bond donors (Lipinski definition) is 2. The summed E-state index contributed by atoms with van der Waals surface area (Å²) in [7, 11) is 3.04. The predicted molar refractivity (Wildman–Crippen MR) is 138 cm³/mol. The lowest BCUT2D eigenvalue weighted by Gasteiger charge is -2.36. The van der Waals surface area contributed by atoms with Crippen molar-refractivity contribution in [2.45, 2.75) is 51.8 Å². The van der Waals surface area contributed by atoms with E-state index in [0.717, 1.165) is 18.5 Å². The Kier molecular flexibility index (Phi) is 8.93. The molecule has 11 nitrogen and oxygen atoms in total. The second kappa shape index (κ2) is 11.9. The van der Waals surface area contributed by atoms with Crippen molar-refractivity contribution in [3.8, 4) is 11.5 Å². The monoisotopic (exact) mass is 514 g/mol. The van der Waals surface area contributed by atoms with Gasteiger partial charge in [0.2, 0.25) is 0 Å². The maximum atomic E-state index is 13.4. The van der Waals surface area contributed by atoms with Crippen LogP contribution in [0, 0.1) is 10.1 Å². The molecule has 1 fully saturated rings. The fourth-order valence-electron chi connectivity index (χ4n) is 4.11. The summed E-state index contributed by atoms with van der Waals surface area (Å²) in [6, 6.07) is 8.84. The van der Waals surface area contributed by atoms with Crippen LogP contribution in [0.3, 0.4) is 0 Å². The molecule has 0 aliphatic carbocycles. The molecule has 0 bridgehead atoms. The number of amides is 2. The van der Waals surface area contributed by atoms with Crippen LogP contribution in [0.25, 0.3) is 0 Å². The van der Waals surface area contributed by atoms with Gasteiger partial charge in [-0.3, -0.25) is 19.8 Å². The summed E-state index contributed by atoms with van der Waals surface area (Å²) in [6.07, 6.45) is 0.900. The molecular formula is C26H34N4O7. The highest BCUT2D eigenvalue weighted by Gasteiger charge is 2.34. The van der Waals surface area contributed by atoms with Gasteiger partial charge in [-0.2, -0.15) is 0 Å². The third kappa shape index (κ3) is 7.10. The first-order chi connectivity index (χ1) is 17.5. The first-order valence-electron chi connectivity index (χ1n) is 12.0. The van der Waals surface area contributed by atoms with Gasteiger partial charge in [-0.05, 0) is 63.9 Å². The van der Waals surface area contributed by atoms with Crippen molar-refractivity contribution in [3.05, 3.63) is 57.6 Å². The molecule has 11 heteroatoms. The lowest BCUT2D eigenvalue weighted by molar-refractivity contribution is -0.384. The summed E-state index contributed by atoms with van der Waals surface area (Å²) in [5, 5.41) is 17.6. The number of nitro groups is 1. The largest absolute Gasteiger partial charge is 0.493 e. The molecule has 0 saturated carbocycles. The summed E-state index contributed by atoms with van der Waals surface area (Å²) in [6.45, 7) is 6.72. The number of hydrogen-bond acceptors (Lipinski definition) is 8. The van der Waals surface area contributed by atoms with Gasteiger partial charge in [0.15, 0.2) is 11.5 Å². The highest BCUT2D eigenvalue weighted by Crippen LogP contribution is 2.31. The molecule has 2 aromatic rings. The van der Waals surface area contributed by atoms with E-state index in [1.807, 2.05) is 0 Å². The average Bonchev–Trinajstić information content (AvgIpc) is 2.86. The van der Waals surface area contributed by atoms with Crippen LogP contribution in [-0.4, -0.2) is 55.9 Å². The van der Waals surface area contributed by atoms with Gasteiger partial charge in [0.1, 0.15) is 5.60 Å². The number of nitro benzene ring substituents is 1. The highest BCUT2D eigenvalue weighted by atomic mass is 16.6. The van der Waals surface area contributed by atoms with Gasteiger partial charge in [0.25, 0.3) is 11.6 Å². The zero-order chi connectivity index (χ0) is 27.2. The Morgan fingerprint density at radius 2 is 1.86 bits per heavy atom. The van der Waals surface area contributed by atoms with Crippen molar-refractivity contribution < 1.29 is 28.7 Å². The maximum Gasteiger partial charge on any atom is 0.415 e. The molecule has 2 amide bonds. The van der Waals surface area contributed by atoms with Crippen molar-refractivity contribution in [1.29, 1.82) is 0 Å². The predicted octanol–water partition coefficient (Wildman–Crippen LogP) is 4.04. The van der Waals surface area contributed by atoms with Gasteiger partial charge in [-0.15, -0.1) is 0 Å². The zero-order valence-electron chi connectivity index (χ0n) is 21.8. The van der Waals surface area contributed by atoms with Gasteiger partial charge in [-0.1, -0.05) is 6.07 Å². The number of piperidine rings is 1. The minimum atomic E-state index is -0.770. The summed E-state index contributed by atoms with van der Waals surface area (Å²) in [5.74, 6) is 0.490. The third-order valence-corrected chi connectivity index (χ3v) is 5.82. The van der Waals surface area contributed by atoms with Crippen LogP contribution in [0.2, 0.25) is 0 Å². The average molecular weight is 515 g/mol. The smallest absolute Gasteiger partial charge is 0.415 e. The Balaban J connectivity index is 1.97. The number of non-ortho nitro benzene ring substituents is 1. The van der Waals surface area contributed by atoms with Crippen LogP contribution in [0.1, 0.15) is 49.5 Å². The minimum absolute atomic E-state index is 0.00566. The van der Waals surface area contributed by atoms with E-state index in [9.17, 15) is 19.7 Å². The quantitative estimate of drug-likeness (QED) is 0.399. The Labute approximate surface area is 216 Å². The van der Waals surface area contributed by atoms with Crippen LogP contribution in [0.4, 0.5) is 16.2 Å². The second-order valence-corrected chi connectivity index (χ2v) is 9.68. The molecule has 1 unspecified atom stereocenters. The number of benzene rings is 2. The molecular weight excluding hydrogens is 480 g/mol. The summed E-state index contributed by atoms with van der Waals surface area (Å²) in [5.41, 5.74) is -0.0394. The molecule has 37 heavy (non-hydrogen) atoms. The van der Waals surface area contributed by atoms with Crippen LogP contribution >= 0.6 is 0 Å². The van der Waals surface area contributed by atoms with Crippen molar-refractivity contribution in [1.82, 2.24) is 10.6 Å². The summed E-state index contributed by atoms with van der Waals surface area (Å²) in [4.78, 5) is 39.1. The topological polar surface area (TPSA) is 132 Å². The normalized spacial score (nSPS) is 15.4. The van der Waals surface area contributed by atoms with E-state index in [1.165, 1.54) is 37.3 Å². The van der Waals surface area contributed by atoms with Crippen molar-refractivity contribution in [2.75, 3.05) is 32.2 Å². The second-order valence-electron chi connectivity index (χ2n) is 9.68. The zero-order valence-corrected chi connectivity index (χ0v) is 21.8. The van der Waals surface area contributed by atoms with E-state index >= 15 is 0 Å². The number of carbonyl (C=O) groups excluding carboxylic acids is 2. The lowest BCUT2D eigenvalue weighted by Crippen LogP contribution is -2.51. The van der Waals surface area contributed by atoms with E-state index in [0.29, 0.717) is 24.5 Å². The van der Waals surface area contributed by atoms with Gasteiger partial charge >= 0.3 is 6.09 Å². The summed E-state index contributed by atoms with van der Waals surface area (Å²) >= 11 is 0. The molecule has 0 aromatic heterocycles. The number of ether oxygens (including phenoxy) is 3. The number of nitrogens with one attached hydrogen (secondary N) is 2. The Morgan fingerprint density at radius 3 is 2.46 bits per heavy atom. The van der Waals surface area contributed by atoms with Gasteiger partial charge < -0.3 is 24.8 Å². The number of anilines is 1. The van der Waals surface area contributed by atoms with Crippen molar-refractivity contribution >= 4 is 23.4 Å². The third-order valence-electron chi connectivity index (χ3n) is 5.82. The molecule has 2 N–H and O–H groups in total.